The zero-order valence-electron chi connectivity index (χ0n) is 11.8. The molecule has 3 aromatic rings. The summed E-state index contributed by atoms with van der Waals surface area (Å²) >= 11 is 1.77. The molecule has 0 aliphatic heterocycles. The Hall–Kier alpha value is -1.71. The van der Waals surface area contributed by atoms with Crippen molar-refractivity contribution < 1.29 is 0 Å². The molecule has 1 unspecified atom stereocenters. The number of nitrogens with one attached hydrogen (secondary N) is 1. The molecule has 3 heteroatoms. The molecule has 102 valence electrons. The summed E-state index contributed by atoms with van der Waals surface area (Å²) in [6, 6.07) is 10.9. The van der Waals surface area contributed by atoms with E-state index in [2.05, 4.69) is 59.2 Å². The van der Waals surface area contributed by atoms with Gasteiger partial charge in [-0.2, -0.15) is 11.3 Å². The van der Waals surface area contributed by atoms with E-state index in [9.17, 15) is 0 Å². The Morgan fingerprint density at radius 3 is 2.90 bits per heavy atom. The molecular weight excluding hydrogens is 264 g/mol. The van der Waals surface area contributed by atoms with Gasteiger partial charge in [0.25, 0.3) is 0 Å². The fourth-order valence-electron chi connectivity index (χ4n) is 2.55. The summed E-state index contributed by atoms with van der Waals surface area (Å²) in [5.74, 6) is 0. The highest BCUT2D eigenvalue weighted by atomic mass is 32.1. The molecule has 0 bridgehead atoms. The molecule has 1 aromatic carbocycles. The van der Waals surface area contributed by atoms with E-state index in [0.717, 1.165) is 12.1 Å². The molecule has 20 heavy (non-hydrogen) atoms. The predicted molar refractivity (Wildman–Crippen MR) is 86.3 cm³/mol. The second-order valence-corrected chi connectivity index (χ2v) is 5.70. The molecule has 0 aliphatic carbocycles. The summed E-state index contributed by atoms with van der Waals surface area (Å²) < 4.78 is 0. The molecule has 2 aromatic heterocycles. The monoisotopic (exact) mass is 282 g/mol. The number of rotatable bonds is 4. The van der Waals surface area contributed by atoms with Crippen molar-refractivity contribution in [2.45, 2.75) is 19.9 Å². The quantitative estimate of drug-likeness (QED) is 0.771. The Kier molecular flexibility index (Phi) is 3.81. The SMILES string of the molecule is CCNC(c1ccc2ncccc2c1)c1cscc1C. The molecule has 0 saturated carbocycles. The highest BCUT2D eigenvalue weighted by Crippen LogP contribution is 2.29. The predicted octanol–water partition coefficient (Wildman–Crippen LogP) is 4.30. The number of aromatic nitrogens is 1. The standard InChI is InChI=1S/C17H18N2S/c1-3-18-17(15-11-20-10-12(15)2)14-6-7-16-13(9-14)5-4-8-19-16/h4-11,17-18H,3H2,1-2H3. The van der Waals surface area contributed by atoms with Crippen LogP contribution >= 0.6 is 11.3 Å². The van der Waals surface area contributed by atoms with Gasteiger partial charge in [-0.15, -0.1) is 0 Å². The van der Waals surface area contributed by atoms with E-state index in [1.165, 1.54) is 22.1 Å². The van der Waals surface area contributed by atoms with E-state index < -0.39 is 0 Å². The molecule has 2 nitrogen and oxygen atoms in total. The average molecular weight is 282 g/mol. The summed E-state index contributed by atoms with van der Waals surface area (Å²) in [6.45, 7) is 5.28. The summed E-state index contributed by atoms with van der Waals surface area (Å²) in [7, 11) is 0. The van der Waals surface area contributed by atoms with Crippen LogP contribution in [0.4, 0.5) is 0 Å². The largest absolute Gasteiger partial charge is 0.306 e. The van der Waals surface area contributed by atoms with Crippen molar-refractivity contribution in [2.24, 2.45) is 0 Å². The summed E-state index contributed by atoms with van der Waals surface area (Å²) in [4.78, 5) is 4.39. The lowest BCUT2D eigenvalue weighted by Gasteiger charge is -2.19. The van der Waals surface area contributed by atoms with Crippen molar-refractivity contribution in [1.82, 2.24) is 10.3 Å². The number of thiophene rings is 1. The maximum atomic E-state index is 4.39. The van der Waals surface area contributed by atoms with Crippen LogP contribution in [-0.2, 0) is 0 Å². The van der Waals surface area contributed by atoms with Crippen LogP contribution in [0.1, 0.15) is 29.7 Å². The topological polar surface area (TPSA) is 24.9 Å². The van der Waals surface area contributed by atoms with Crippen molar-refractivity contribution >= 4 is 22.2 Å². The van der Waals surface area contributed by atoms with Crippen LogP contribution in [0.5, 0.6) is 0 Å². The Morgan fingerprint density at radius 1 is 1.25 bits per heavy atom. The molecule has 1 atom stereocenters. The second-order valence-electron chi connectivity index (χ2n) is 4.96. The third kappa shape index (κ3) is 2.47. The minimum atomic E-state index is 0.260. The van der Waals surface area contributed by atoms with E-state index in [1.807, 2.05) is 12.3 Å². The molecule has 2 heterocycles. The Balaban J connectivity index is 2.07. The highest BCUT2D eigenvalue weighted by molar-refractivity contribution is 7.08. The number of nitrogens with zero attached hydrogens (tertiary/aromatic N) is 1. The van der Waals surface area contributed by atoms with Gasteiger partial charge in [0.15, 0.2) is 0 Å². The van der Waals surface area contributed by atoms with Gasteiger partial charge in [0, 0.05) is 11.6 Å². The minimum absolute atomic E-state index is 0.260. The molecular formula is C17H18N2S. The first-order chi connectivity index (χ1) is 9.79. The van der Waals surface area contributed by atoms with Gasteiger partial charge in [0.2, 0.25) is 0 Å². The first kappa shape index (κ1) is 13.3. The van der Waals surface area contributed by atoms with Gasteiger partial charge in [0.05, 0.1) is 11.6 Å². The molecule has 0 amide bonds. The smallest absolute Gasteiger partial charge is 0.0702 e. The van der Waals surface area contributed by atoms with Crippen molar-refractivity contribution in [3.8, 4) is 0 Å². The van der Waals surface area contributed by atoms with E-state index in [1.54, 1.807) is 11.3 Å². The zero-order valence-corrected chi connectivity index (χ0v) is 12.6. The van der Waals surface area contributed by atoms with Crippen molar-refractivity contribution in [3.63, 3.8) is 0 Å². The Bertz CT molecular complexity index is 718. The van der Waals surface area contributed by atoms with Gasteiger partial charge in [-0.05, 0) is 59.1 Å². The van der Waals surface area contributed by atoms with E-state index in [-0.39, 0.29) is 6.04 Å². The van der Waals surface area contributed by atoms with E-state index >= 15 is 0 Å². The van der Waals surface area contributed by atoms with Gasteiger partial charge >= 0.3 is 0 Å². The normalized spacial score (nSPS) is 12.7. The lowest BCUT2D eigenvalue weighted by molar-refractivity contribution is 0.630. The van der Waals surface area contributed by atoms with Crippen molar-refractivity contribution in [1.29, 1.82) is 0 Å². The number of hydrogen-bond donors (Lipinski definition) is 1. The Morgan fingerprint density at radius 2 is 2.15 bits per heavy atom. The number of pyridine rings is 1. The summed E-state index contributed by atoms with van der Waals surface area (Å²) in [6.07, 6.45) is 1.84. The van der Waals surface area contributed by atoms with Crippen molar-refractivity contribution in [2.75, 3.05) is 6.54 Å². The number of benzene rings is 1. The average Bonchev–Trinajstić information content (AvgIpc) is 2.90. The van der Waals surface area contributed by atoms with Gasteiger partial charge in [-0.1, -0.05) is 19.1 Å². The fraction of sp³-hybridized carbons (Fsp3) is 0.235. The van der Waals surface area contributed by atoms with Crippen LogP contribution in [0.15, 0.2) is 47.3 Å². The van der Waals surface area contributed by atoms with Gasteiger partial charge in [-0.25, -0.2) is 0 Å². The molecule has 0 saturated heterocycles. The molecule has 1 N–H and O–H groups in total. The second kappa shape index (κ2) is 5.73. The summed E-state index contributed by atoms with van der Waals surface area (Å²) in [5.41, 5.74) is 5.08. The van der Waals surface area contributed by atoms with Crippen LogP contribution in [-0.4, -0.2) is 11.5 Å². The molecule has 3 rings (SSSR count). The molecule has 0 fully saturated rings. The molecule has 0 spiro atoms. The highest BCUT2D eigenvalue weighted by Gasteiger charge is 2.16. The molecule has 0 aliphatic rings. The van der Waals surface area contributed by atoms with Crippen LogP contribution in [0.2, 0.25) is 0 Å². The van der Waals surface area contributed by atoms with E-state index in [4.69, 9.17) is 0 Å². The van der Waals surface area contributed by atoms with E-state index in [0.29, 0.717) is 0 Å². The third-order valence-corrected chi connectivity index (χ3v) is 4.45. The number of aryl methyl sites for hydroxylation is 1. The Labute approximate surface area is 123 Å². The maximum Gasteiger partial charge on any atom is 0.0702 e. The molecule has 0 radical (unpaired) electrons. The number of hydrogen-bond acceptors (Lipinski definition) is 3. The number of fused-ring (bicyclic) bond motifs is 1. The van der Waals surface area contributed by atoms with Crippen LogP contribution < -0.4 is 5.32 Å². The lowest BCUT2D eigenvalue weighted by Crippen LogP contribution is -2.22. The van der Waals surface area contributed by atoms with Gasteiger partial charge in [0.1, 0.15) is 0 Å². The lowest BCUT2D eigenvalue weighted by atomic mass is 9.97. The van der Waals surface area contributed by atoms with Gasteiger partial charge in [-0.3, -0.25) is 4.98 Å². The zero-order chi connectivity index (χ0) is 13.9. The first-order valence-corrected chi connectivity index (χ1v) is 7.84. The fourth-order valence-corrected chi connectivity index (χ4v) is 3.43. The van der Waals surface area contributed by atoms with Gasteiger partial charge < -0.3 is 5.32 Å². The van der Waals surface area contributed by atoms with Crippen LogP contribution in [0.25, 0.3) is 10.9 Å². The minimum Gasteiger partial charge on any atom is -0.306 e. The van der Waals surface area contributed by atoms with Crippen molar-refractivity contribution in [3.05, 3.63) is 64.0 Å². The summed E-state index contributed by atoms with van der Waals surface area (Å²) in [5, 5.41) is 9.24. The van der Waals surface area contributed by atoms with Crippen LogP contribution in [0, 0.1) is 6.92 Å². The maximum absolute atomic E-state index is 4.39. The third-order valence-electron chi connectivity index (χ3n) is 3.57. The van der Waals surface area contributed by atoms with Crippen LogP contribution in [0.3, 0.4) is 0 Å². The first-order valence-electron chi connectivity index (χ1n) is 6.90.